The maximum atomic E-state index is 2.33. The maximum Gasteiger partial charge on any atom is -0.0234 e. The lowest BCUT2D eigenvalue weighted by atomic mass is 10.0. The molecule has 0 heterocycles. The number of hydrogen-bond donors (Lipinski definition) is 0. The van der Waals surface area contributed by atoms with E-state index in [1.54, 1.807) is 5.92 Å². The van der Waals surface area contributed by atoms with Crippen LogP contribution in [0.2, 0.25) is 0 Å². The predicted octanol–water partition coefficient (Wildman–Crippen LogP) is 2.96. The van der Waals surface area contributed by atoms with Crippen LogP contribution in [0, 0.1) is 11.8 Å². The Kier molecular flexibility index (Phi) is 2.32. The quantitative estimate of drug-likeness (QED) is 0.434. The van der Waals surface area contributed by atoms with Gasteiger partial charge in [-0.2, -0.15) is 0 Å². The monoisotopic (exact) mass is 123 g/mol. The van der Waals surface area contributed by atoms with E-state index in [4.69, 9.17) is 0 Å². The van der Waals surface area contributed by atoms with Crippen LogP contribution in [0.5, 0.6) is 0 Å². The summed E-state index contributed by atoms with van der Waals surface area (Å²) in [5, 5.41) is 0. The van der Waals surface area contributed by atoms with Gasteiger partial charge in [-0.3, -0.25) is 0 Å². The molecule has 0 saturated heterocycles. The molecule has 1 aliphatic carbocycles. The Morgan fingerprint density at radius 1 is 1.56 bits per heavy atom. The van der Waals surface area contributed by atoms with Gasteiger partial charge in [0.25, 0.3) is 0 Å². The molecule has 0 spiro atoms. The second kappa shape index (κ2) is 3.05. The third-order valence-corrected chi connectivity index (χ3v) is 1.96. The second-order valence-corrected chi connectivity index (χ2v) is 3.11. The van der Waals surface area contributed by atoms with Crippen LogP contribution < -0.4 is 0 Å². The van der Waals surface area contributed by atoms with Crippen molar-refractivity contribution in [2.24, 2.45) is 5.92 Å². The SMILES string of the molecule is C[C]1CC=CC(C)CC1. The first-order chi connectivity index (χ1) is 4.29. The highest BCUT2D eigenvalue weighted by molar-refractivity contribution is 5.01. The lowest BCUT2D eigenvalue weighted by Gasteiger charge is -2.04. The summed E-state index contributed by atoms with van der Waals surface area (Å²) >= 11 is 0. The number of hydrogen-bond acceptors (Lipinski definition) is 0. The molecule has 0 N–H and O–H groups in total. The van der Waals surface area contributed by atoms with E-state index in [2.05, 4.69) is 26.0 Å². The third-order valence-electron chi connectivity index (χ3n) is 1.96. The van der Waals surface area contributed by atoms with Crippen molar-refractivity contribution in [3.8, 4) is 0 Å². The first kappa shape index (κ1) is 6.85. The molecule has 1 aliphatic rings. The highest BCUT2D eigenvalue weighted by atomic mass is 14.1. The largest absolute Gasteiger partial charge is 0.0877 e. The fourth-order valence-electron chi connectivity index (χ4n) is 1.17. The molecule has 0 amide bonds. The Bertz CT molecular complexity index is 103. The van der Waals surface area contributed by atoms with Crippen LogP contribution in [0.3, 0.4) is 0 Å². The molecule has 0 saturated carbocycles. The lowest BCUT2D eigenvalue weighted by molar-refractivity contribution is 0.624. The lowest BCUT2D eigenvalue weighted by Crippen LogP contribution is -1.90. The summed E-state index contributed by atoms with van der Waals surface area (Å²) in [6, 6.07) is 0. The van der Waals surface area contributed by atoms with Crippen LogP contribution in [0.15, 0.2) is 12.2 Å². The normalized spacial score (nSPS) is 30.2. The van der Waals surface area contributed by atoms with Crippen LogP contribution in [0.25, 0.3) is 0 Å². The average molecular weight is 123 g/mol. The smallest absolute Gasteiger partial charge is 0.0234 e. The number of allylic oxidation sites excluding steroid dienone is 2. The molecule has 0 aromatic rings. The van der Waals surface area contributed by atoms with Gasteiger partial charge in [0, 0.05) is 0 Å². The molecule has 0 aromatic heterocycles. The van der Waals surface area contributed by atoms with E-state index in [0.29, 0.717) is 0 Å². The standard InChI is InChI=1S/C9H15/c1-8-4-3-5-9(2)7-6-8/h3-4,8H,5-7H2,1-2H3. The molecular formula is C9H15. The van der Waals surface area contributed by atoms with Gasteiger partial charge in [0.2, 0.25) is 0 Å². The molecule has 0 fully saturated rings. The Labute approximate surface area is 58.0 Å². The van der Waals surface area contributed by atoms with E-state index in [-0.39, 0.29) is 0 Å². The zero-order valence-corrected chi connectivity index (χ0v) is 6.35. The minimum Gasteiger partial charge on any atom is -0.0877 e. The van der Waals surface area contributed by atoms with E-state index in [1.807, 2.05) is 0 Å². The van der Waals surface area contributed by atoms with Gasteiger partial charge in [-0.15, -0.1) is 0 Å². The minimum atomic E-state index is 0.808. The Morgan fingerprint density at radius 2 is 2.33 bits per heavy atom. The molecule has 0 heteroatoms. The van der Waals surface area contributed by atoms with Crippen LogP contribution in [0.4, 0.5) is 0 Å². The number of rotatable bonds is 0. The summed E-state index contributed by atoms with van der Waals surface area (Å²) in [7, 11) is 0. The highest BCUT2D eigenvalue weighted by Gasteiger charge is 2.06. The van der Waals surface area contributed by atoms with Gasteiger partial charge < -0.3 is 0 Å². The molecule has 51 valence electrons. The van der Waals surface area contributed by atoms with Crippen LogP contribution >= 0.6 is 0 Å². The molecule has 0 bridgehead atoms. The van der Waals surface area contributed by atoms with Gasteiger partial charge in [-0.05, 0) is 31.1 Å². The van der Waals surface area contributed by atoms with E-state index in [0.717, 1.165) is 5.92 Å². The summed E-state index contributed by atoms with van der Waals surface area (Å²) in [5.74, 6) is 2.44. The molecule has 0 nitrogen and oxygen atoms in total. The van der Waals surface area contributed by atoms with E-state index >= 15 is 0 Å². The van der Waals surface area contributed by atoms with Crippen molar-refractivity contribution >= 4 is 0 Å². The van der Waals surface area contributed by atoms with Gasteiger partial charge in [-0.1, -0.05) is 26.0 Å². The fraction of sp³-hybridized carbons (Fsp3) is 0.667. The van der Waals surface area contributed by atoms with Crippen molar-refractivity contribution < 1.29 is 0 Å². The maximum absolute atomic E-state index is 2.33. The van der Waals surface area contributed by atoms with Gasteiger partial charge in [-0.25, -0.2) is 0 Å². The zero-order valence-electron chi connectivity index (χ0n) is 6.35. The Balaban J connectivity index is 2.39. The van der Waals surface area contributed by atoms with Crippen molar-refractivity contribution in [2.45, 2.75) is 33.1 Å². The molecule has 1 rings (SSSR count). The van der Waals surface area contributed by atoms with Crippen molar-refractivity contribution in [1.29, 1.82) is 0 Å². The topological polar surface area (TPSA) is 0 Å². The molecule has 1 atom stereocenters. The van der Waals surface area contributed by atoms with Crippen LogP contribution in [0.1, 0.15) is 33.1 Å². The first-order valence-corrected chi connectivity index (χ1v) is 3.77. The fourth-order valence-corrected chi connectivity index (χ4v) is 1.17. The van der Waals surface area contributed by atoms with Crippen molar-refractivity contribution in [2.75, 3.05) is 0 Å². The van der Waals surface area contributed by atoms with E-state index in [9.17, 15) is 0 Å². The van der Waals surface area contributed by atoms with Crippen molar-refractivity contribution in [3.05, 3.63) is 18.1 Å². The third kappa shape index (κ3) is 2.21. The summed E-state index contributed by atoms with van der Waals surface area (Å²) < 4.78 is 0. The summed E-state index contributed by atoms with van der Waals surface area (Å²) in [6.45, 7) is 4.54. The average Bonchev–Trinajstić information content (AvgIpc) is 1.97. The molecule has 0 aliphatic heterocycles. The summed E-state index contributed by atoms with van der Waals surface area (Å²) in [4.78, 5) is 0. The van der Waals surface area contributed by atoms with Crippen LogP contribution in [-0.4, -0.2) is 0 Å². The zero-order chi connectivity index (χ0) is 6.69. The molecule has 0 aromatic carbocycles. The first-order valence-electron chi connectivity index (χ1n) is 3.77. The molecule has 9 heavy (non-hydrogen) atoms. The molecule has 1 unspecified atom stereocenters. The highest BCUT2D eigenvalue weighted by Crippen LogP contribution is 2.22. The van der Waals surface area contributed by atoms with Gasteiger partial charge in [0.15, 0.2) is 0 Å². The molecule has 1 radical (unpaired) electrons. The van der Waals surface area contributed by atoms with Gasteiger partial charge in [0.05, 0.1) is 0 Å². The summed E-state index contributed by atoms with van der Waals surface area (Å²) in [5.41, 5.74) is 0. The summed E-state index contributed by atoms with van der Waals surface area (Å²) in [6.07, 6.45) is 8.52. The second-order valence-electron chi connectivity index (χ2n) is 3.11. The van der Waals surface area contributed by atoms with Crippen molar-refractivity contribution in [1.82, 2.24) is 0 Å². The van der Waals surface area contributed by atoms with E-state index in [1.165, 1.54) is 19.3 Å². The van der Waals surface area contributed by atoms with Crippen LogP contribution in [-0.2, 0) is 0 Å². The van der Waals surface area contributed by atoms with E-state index < -0.39 is 0 Å². The Morgan fingerprint density at radius 3 is 3.11 bits per heavy atom. The predicted molar refractivity (Wildman–Crippen MR) is 41.1 cm³/mol. The Hall–Kier alpha value is -0.260. The van der Waals surface area contributed by atoms with Gasteiger partial charge >= 0.3 is 0 Å². The molecular weight excluding hydrogens is 108 g/mol. The van der Waals surface area contributed by atoms with Gasteiger partial charge in [0.1, 0.15) is 0 Å². The van der Waals surface area contributed by atoms with Crippen molar-refractivity contribution in [3.63, 3.8) is 0 Å². The minimum absolute atomic E-state index is 0.808.